The van der Waals surface area contributed by atoms with Gasteiger partial charge in [-0.2, -0.15) is 0 Å². The maximum atomic E-state index is 13.3. The maximum Gasteiger partial charge on any atom is 0.262 e. The quantitative estimate of drug-likeness (QED) is 0.502. The van der Waals surface area contributed by atoms with Crippen LogP contribution in [0, 0.1) is 0 Å². The fraction of sp³-hybridized carbons (Fsp3) is 0.0500. The molecule has 0 fully saturated rings. The molecular weight excluding hydrogens is 460 g/mol. The van der Waals surface area contributed by atoms with Gasteiger partial charge in [-0.05, 0) is 52.3 Å². The Kier molecular flexibility index (Phi) is 4.46. The van der Waals surface area contributed by atoms with Crippen molar-refractivity contribution in [3.8, 4) is 5.75 Å². The highest BCUT2D eigenvalue weighted by Gasteiger charge is 2.35. The third-order valence-corrected chi connectivity index (χ3v) is 5.38. The minimum absolute atomic E-state index is 0.0961. The summed E-state index contributed by atoms with van der Waals surface area (Å²) < 4.78 is 1.36. The standard InChI is InChI=1S/C20H14Br2N2O2/c21-12-10-15(18(25)16(22)11-12)19-23-17-9-5-4-8-14(17)20(26)24(19)13-6-2-1-3-7-13/h1-11,19,23,25H. The molecule has 1 unspecified atom stereocenters. The average Bonchev–Trinajstić information content (AvgIpc) is 2.65. The summed E-state index contributed by atoms with van der Waals surface area (Å²) in [5.41, 5.74) is 2.68. The molecule has 4 rings (SSSR count). The average molecular weight is 474 g/mol. The number of hydrogen-bond donors (Lipinski definition) is 2. The Balaban J connectivity index is 1.93. The molecule has 0 spiro atoms. The van der Waals surface area contributed by atoms with E-state index >= 15 is 0 Å². The fourth-order valence-electron chi connectivity index (χ4n) is 3.12. The third-order valence-electron chi connectivity index (χ3n) is 4.31. The molecular formula is C20H14Br2N2O2. The van der Waals surface area contributed by atoms with Gasteiger partial charge in [-0.15, -0.1) is 0 Å². The summed E-state index contributed by atoms with van der Waals surface area (Å²) in [6.07, 6.45) is -0.548. The molecule has 130 valence electrons. The number of aromatic hydroxyl groups is 1. The van der Waals surface area contributed by atoms with Crippen molar-refractivity contribution in [3.63, 3.8) is 0 Å². The van der Waals surface area contributed by atoms with Gasteiger partial charge < -0.3 is 10.4 Å². The van der Waals surface area contributed by atoms with Crippen LogP contribution in [0.25, 0.3) is 0 Å². The SMILES string of the molecule is O=C1c2ccccc2NC(c2cc(Br)cc(Br)c2O)N1c1ccccc1. The van der Waals surface area contributed by atoms with E-state index in [1.807, 2.05) is 54.6 Å². The molecule has 3 aromatic rings. The van der Waals surface area contributed by atoms with E-state index in [0.29, 0.717) is 15.6 Å². The first-order chi connectivity index (χ1) is 12.6. The topological polar surface area (TPSA) is 52.6 Å². The molecule has 0 saturated heterocycles. The van der Waals surface area contributed by atoms with E-state index in [2.05, 4.69) is 37.2 Å². The number of fused-ring (bicyclic) bond motifs is 1. The molecule has 3 aromatic carbocycles. The summed E-state index contributed by atoms with van der Waals surface area (Å²) in [7, 11) is 0. The van der Waals surface area contributed by atoms with Gasteiger partial charge in [0, 0.05) is 21.4 Å². The van der Waals surface area contributed by atoms with E-state index in [9.17, 15) is 9.90 Å². The number of para-hydroxylation sites is 2. The van der Waals surface area contributed by atoms with Crippen molar-refractivity contribution >= 4 is 49.1 Å². The lowest BCUT2D eigenvalue weighted by Gasteiger charge is -2.38. The molecule has 0 aliphatic carbocycles. The van der Waals surface area contributed by atoms with Crippen LogP contribution in [-0.4, -0.2) is 11.0 Å². The number of phenolic OH excluding ortho intramolecular Hbond substituents is 1. The van der Waals surface area contributed by atoms with Crippen LogP contribution in [0.4, 0.5) is 11.4 Å². The number of nitrogens with zero attached hydrogens (tertiary/aromatic N) is 1. The lowest BCUT2D eigenvalue weighted by atomic mass is 10.0. The predicted octanol–water partition coefficient (Wildman–Crippen LogP) is 5.69. The van der Waals surface area contributed by atoms with E-state index < -0.39 is 6.17 Å². The lowest BCUT2D eigenvalue weighted by molar-refractivity contribution is 0.0974. The van der Waals surface area contributed by atoms with Gasteiger partial charge in [0.2, 0.25) is 0 Å². The number of benzene rings is 3. The number of nitrogens with one attached hydrogen (secondary N) is 1. The molecule has 1 aliphatic rings. The zero-order valence-electron chi connectivity index (χ0n) is 13.5. The summed E-state index contributed by atoms with van der Waals surface area (Å²) >= 11 is 6.84. The first-order valence-electron chi connectivity index (χ1n) is 7.98. The van der Waals surface area contributed by atoms with E-state index in [0.717, 1.165) is 15.8 Å². The van der Waals surface area contributed by atoms with Crippen LogP contribution in [0.3, 0.4) is 0 Å². The van der Waals surface area contributed by atoms with Crippen molar-refractivity contribution < 1.29 is 9.90 Å². The summed E-state index contributed by atoms with van der Waals surface area (Å²) in [5, 5.41) is 14.0. The van der Waals surface area contributed by atoms with Gasteiger partial charge in [0.05, 0.1) is 10.0 Å². The maximum absolute atomic E-state index is 13.3. The highest BCUT2D eigenvalue weighted by atomic mass is 79.9. The minimum Gasteiger partial charge on any atom is -0.506 e. The molecule has 4 nitrogen and oxygen atoms in total. The first-order valence-corrected chi connectivity index (χ1v) is 9.57. The highest BCUT2D eigenvalue weighted by molar-refractivity contribution is 9.11. The minimum atomic E-state index is -0.548. The molecule has 2 N–H and O–H groups in total. The van der Waals surface area contributed by atoms with Gasteiger partial charge >= 0.3 is 0 Å². The molecule has 0 radical (unpaired) electrons. The number of anilines is 2. The summed E-state index contributed by atoms with van der Waals surface area (Å²) in [6.45, 7) is 0. The number of phenols is 1. The second kappa shape index (κ2) is 6.78. The molecule has 0 bridgehead atoms. The molecule has 1 heterocycles. The van der Waals surface area contributed by atoms with E-state index in [1.54, 1.807) is 17.0 Å². The van der Waals surface area contributed by atoms with Gasteiger partial charge in [0.25, 0.3) is 5.91 Å². The second-order valence-electron chi connectivity index (χ2n) is 5.93. The Hall–Kier alpha value is -2.31. The van der Waals surface area contributed by atoms with Crippen molar-refractivity contribution in [1.29, 1.82) is 0 Å². The highest BCUT2D eigenvalue weighted by Crippen LogP contribution is 2.42. The van der Waals surface area contributed by atoms with Gasteiger partial charge in [0.1, 0.15) is 11.9 Å². The van der Waals surface area contributed by atoms with Crippen molar-refractivity contribution in [3.05, 3.63) is 86.8 Å². The largest absolute Gasteiger partial charge is 0.506 e. The monoisotopic (exact) mass is 472 g/mol. The summed E-state index contributed by atoms with van der Waals surface area (Å²) in [6, 6.07) is 20.4. The van der Waals surface area contributed by atoms with Crippen LogP contribution in [0.1, 0.15) is 22.1 Å². The van der Waals surface area contributed by atoms with Crippen LogP contribution in [0.2, 0.25) is 0 Å². The normalized spacial score (nSPS) is 16.2. The number of carbonyl (C=O) groups is 1. The molecule has 26 heavy (non-hydrogen) atoms. The molecule has 0 saturated carbocycles. The van der Waals surface area contributed by atoms with E-state index in [1.165, 1.54) is 0 Å². The van der Waals surface area contributed by atoms with Crippen molar-refractivity contribution in [1.82, 2.24) is 0 Å². The Labute approximate surface area is 167 Å². The Morgan fingerprint density at radius 1 is 0.962 bits per heavy atom. The lowest BCUT2D eigenvalue weighted by Crippen LogP contribution is -2.43. The van der Waals surface area contributed by atoms with Crippen molar-refractivity contribution in [2.75, 3.05) is 10.2 Å². The van der Waals surface area contributed by atoms with Crippen molar-refractivity contribution in [2.45, 2.75) is 6.17 Å². The summed E-state index contributed by atoms with van der Waals surface area (Å²) in [5.74, 6) is -0.0233. The second-order valence-corrected chi connectivity index (χ2v) is 7.70. The summed E-state index contributed by atoms with van der Waals surface area (Å²) in [4.78, 5) is 14.9. The Morgan fingerprint density at radius 2 is 1.65 bits per heavy atom. The van der Waals surface area contributed by atoms with Gasteiger partial charge in [0.15, 0.2) is 0 Å². The van der Waals surface area contributed by atoms with Crippen LogP contribution >= 0.6 is 31.9 Å². The third kappa shape index (κ3) is 2.89. The Morgan fingerprint density at radius 3 is 2.42 bits per heavy atom. The number of amides is 1. The van der Waals surface area contributed by atoms with E-state index in [-0.39, 0.29) is 11.7 Å². The van der Waals surface area contributed by atoms with Crippen LogP contribution < -0.4 is 10.2 Å². The number of hydrogen-bond acceptors (Lipinski definition) is 3. The zero-order chi connectivity index (χ0) is 18.3. The number of rotatable bonds is 2. The zero-order valence-corrected chi connectivity index (χ0v) is 16.7. The fourth-order valence-corrected chi connectivity index (χ4v) is 4.38. The first kappa shape index (κ1) is 17.1. The Bertz CT molecular complexity index is 992. The van der Waals surface area contributed by atoms with Crippen LogP contribution in [0.15, 0.2) is 75.7 Å². The molecule has 0 aromatic heterocycles. The predicted molar refractivity (Wildman–Crippen MR) is 110 cm³/mol. The van der Waals surface area contributed by atoms with Crippen molar-refractivity contribution in [2.24, 2.45) is 0 Å². The van der Waals surface area contributed by atoms with Gasteiger partial charge in [-0.3, -0.25) is 9.69 Å². The van der Waals surface area contributed by atoms with Gasteiger partial charge in [-0.25, -0.2) is 0 Å². The molecule has 1 amide bonds. The number of halogens is 2. The van der Waals surface area contributed by atoms with Crippen LogP contribution in [-0.2, 0) is 0 Å². The molecule has 6 heteroatoms. The number of carbonyl (C=O) groups excluding carboxylic acids is 1. The molecule has 1 aliphatic heterocycles. The molecule has 1 atom stereocenters. The van der Waals surface area contributed by atoms with Crippen LogP contribution in [0.5, 0.6) is 5.75 Å². The smallest absolute Gasteiger partial charge is 0.262 e. The van der Waals surface area contributed by atoms with E-state index in [4.69, 9.17) is 0 Å². The van der Waals surface area contributed by atoms with Gasteiger partial charge in [-0.1, -0.05) is 46.3 Å².